The van der Waals surface area contributed by atoms with Crippen molar-refractivity contribution in [1.29, 1.82) is 0 Å². The van der Waals surface area contributed by atoms with Gasteiger partial charge in [-0.05, 0) is 25.2 Å². The van der Waals surface area contributed by atoms with Crippen molar-refractivity contribution in [3.63, 3.8) is 0 Å². The SMILES string of the molecule is COc1ncc(-c2nccn2Cc2ccc(CN(C)C)cc2)cn1. The number of imidazole rings is 1. The Kier molecular flexibility index (Phi) is 4.86. The fourth-order valence-corrected chi connectivity index (χ4v) is 2.55. The van der Waals surface area contributed by atoms with Crippen LogP contribution < -0.4 is 4.74 Å². The van der Waals surface area contributed by atoms with Crippen LogP contribution in [0.2, 0.25) is 0 Å². The van der Waals surface area contributed by atoms with Gasteiger partial charge in [0.2, 0.25) is 0 Å². The van der Waals surface area contributed by atoms with E-state index in [1.165, 1.54) is 11.1 Å². The molecule has 1 aromatic carbocycles. The summed E-state index contributed by atoms with van der Waals surface area (Å²) in [5.41, 5.74) is 3.40. The summed E-state index contributed by atoms with van der Waals surface area (Å²) in [6.07, 6.45) is 7.21. The molecule has 0 amide bonds. The molecule has 0 N–H and O–H groups in total. The molecule has 0 atom stereocenters. The van der Waals surface area contributed by atoms with Crippen molar-refractivity contribution in [1.82, 2.24) is 24.4 Å². The van der Waals surface area contributed by atoms with Crippen molar-refractivity contribution in [2.24, 2.45) is 0 Å². The van der Waals surface area contributed by atoms with E-state index in [0.29, 0.717) is 6.01 Å². The second-order valence-corrected chi connectivity index (χ2v) is 5.89. The van der Waals surface area contributed by atoms with Crippen molar-refractivity contribution < 1.29 is 4.74 Å². The zero-order chi connectivity index (χ0) is 16.9. The van der Waals surface area contributed by atoms with E-state index in [-0.39, 0.29) is 0 Å². The Hall–Kier alpha value is -2.73. The van der Waals surface area contributed by atoms with E-state index in [1.54, 1.807) is 25.7 Å². The molecule has 6 heteroatoms. The predicted octanol–water partition coefficient (Wildman–Crippen LogP) is 2.46. The van der Waals surface area contributed by atoms with Crippen molar-refractivity contribution in [3.05, 3.63) is 60.2 Å². The van der Waals surface area contributed by atoms with Gasteiger partial charge in [-0.2, -0.15) is 0 Å². The molecule has 24 heavy (non-hydrogen) atoms. The van der Waals surface area contributed by atoms with Crippen LogP contribution in [0.3, 0.4) is 0 Å². The Bertz CT molecular complexity index is 778. The number of aromatic nitrogens is 4. The van der Waals surface area contributed by atoms with Crippen LogP contribution >= 0.6 is 0 Å². The highest BCUT2D eigenvalue weighted by molar-refractivity contribution is 5.53. The summed E-state index contributed by atoms with van der Waals surface area (Å²) in [6.45, 7) is 1.70. The maximum Gasteiger partial charge on any atom is 0.316 e. The normalized spacial score (nSPS) is 11.0. The van der Waals surface area contributed by atoms with Crippen LogP contribution in [-0.2, 0) is 13.1 Å². The Morgan fingerprint density at radius 1 is 1.00 bits per heavy atom. The molecule has 0 spiro atoms. The van der Waals surface area contributed by atoms with Crippen molar-refractivity contribution in [3.8, 4) is 17.4 Å². The van der Waals surface area contributed by atoms with E-state index in [4.69, 9.17) is 4.74 Å². The maximum absolute atomic E-state index is 5.00. The molecule has 0 aliphatic rings. The second-order valence-electron chi connectivity index (χ2n) is 5.89. The number of methoxy groups -OCH3 is 1. The zero-order valence-corrected chi connectivity index (χ0v) is 14.2. The first-order chi connectivity index (χ1) is 11.7. The van der Waals surface area contributed by atoms with Crippen LogP contribution in [0.15, 0.2) is 49.1 Å². The van der Waals surface area contributed by atoms with Crippen LogP contribution in [0.25, 0.3) is 11.4 Å². The standard InChI is InChI=1S/C18H21N5O/c1-22(2)12-14-4-6-15(7-5-14)13-23-9-8-19-17(23)16-10-20-18(24-3)21-11-16/h4-11H,12-13H2,1-3H3. The number of rotatable bonds is 6. The van der Waals surface area contributed by atoms with Gasteiger partial charge in [0.15, 0.2) is 0 Å². The molecule has 0 saturated carbocycles. The van der Waals surface area contributed by atoms with Gasteiger partial charge in [-0.1, -0.05) is 24.3 Å². The molecule has 2 heterocycles. The van der Waals surface area contributed by atoms with Gasteiger partial charge in [-0.3, -0.25) is 0 Å². The molecule has 6 nitrogen and oxygen atoms in total. The molecule has 0 aliphatic heterocycles. The first kappa shape index (κ1) is 16.1. The summed E-state index contributed by atoms with van der Waals surface area (Å²) in [7, 11) is 5.70. The minimum Gasteiger partial charge on any atom is -0.467 e. The second kappa shape index (κ2) is 7.23. The third kappa shape index (κ3) is 3.78. The smallest absolute Gasteiger partial charge is 0.316 e. The van der Waals surface area contributed by atoms with Gasteiger partial charge < -0.3 is 14.2 Å². The fraction of sp³-hybridized carbons (Fsp3) is 0.278. The molecule has 124 valence electrons. The molecule has 2 aromatic heterocycles. The molecule has 0 saturated heterocycles. The topological polar surface area (TPSA) is 56.1 Å². The predicted molar refractivity (Wildman–Crippen MR) is 92.7 cm³/mol. The van der Waals surface area contributed by atoms with Crippen LogP contribution in [0, 0.1) is 0 Å². The lowest BCUT2D eigenvalue weighted by Crippen LogP contribution is -2.10. The largest absolute Gasteiger partial charge is 0.467 e. The van der Waals surface area contributed by atoms with Crippen molar-refractivity contribution >= 4 is 0 Å². The molecule has 3 rings (SSSR count). The zero-order valence-electron chi connectivity index (χ0n) is 14.2. The molecule has 0 bridgehead atoms. The van der Waals surface area contributed by atoms with E-state index in [0.717, 1.165) is 24.5 Å². The highest BCUT2D eigenvalue weighted by atomic mass is 16.5. The fourth-order valence-electron chi connectivity index (χ4n) is 2.55. The van der Waals surface area contributed by atoms with Gasteiger partial charge in [-0.25, -0.2) is 15.0 Å². The lowest BCUT2D eigenvalue weighted by molar-refractivity contribution is 0.380. The Labute approximate surface area is 141 Å². The molecule has 0 fully saturated rings. The first-order valence-electron chi connectivity index (χ1n) is 7.76. The minimum absolute atomic E-state index is 0.355. The average Bonchev–Trinajstić information content (AvgIpc) is 3.04. The number of nitrogens with zero attached hydrogens (tertiary/aromatic N) is 5. The summed E-state index contributed by atoms with van der Waals surface area (Å²) in [5, 5.41) is 0. The highest BCUT2D eigenvalue weighted by Gasteiger charge is 2.08. The minimum atomic E-state index is 0.355. The summed E-state index contributed by atoms with van der Waals surface area (Å²) in [6, 6.07) is 9.01. The van der Waals surface area contributed by atoms with Gasteiger partial charge in [0, 0.05) is 37.9 Å². The van der Waals surface area contributed by atoms with Crippen LogP contribution in [0.5, 0.6) is 6.01 Å². The maximum atomic E-state index is 5.00. The quantitative estimate of drug-likeness (QED) is 0.697. The van der Waals surface area contributed by atoms with Crippen LogP contribution in [0.1, 0.15) is 11.1 Å². The molecule has 3 aromatic rings. The molecule has 0 radical (unpaired) electrons. The number of ether oxygens (including phenoxy) is 1. The van der Waals surface area contributed by atoms with E-state index in [9.17, 15) is 0 Å². The molecular formula is C18H21N5O. The lowest BCUT2D eigenvalue weighted by Gasteiger charge is -2.11. The van der Waals surface area contributed by atoms with E-state index >= 15 is 0 Å². The van der Waals surface area contributed by atoms with Crippen LogP contribution in [0.4, 0.5) is 0 Å². The summed E-state index contributed by atoms with van der Waals surface area (Å²) < 4.78 is 7.09. The monoisotopic (exact) mass is 323 g/mol. The van der Waals surface area contributed by atoms with E-state index in [2.05, 4.69) is 62.8 Å². The Morgan fingerprint density at radius 2 is 1.67 bits per heavy atom. The van der Waals surface area contributed by atoms with Gasteiger partial charge in [0.25, 0.3) is 0 Å². The van der Waals surface area contributed by atoms with E-state index in [1.807, 2.05) is 6.20 Å². The molecular weight excluding hydrogens is 302 g/mol. The van der Waals surface area contributed by atoms with Gasteiger partial charge in [0.1, 0.15) is 5.82 Å². The summed E-state index contributed by atoms with van der Waals surface area (Å²) in [5.74, 6) is 0.843. The van der Waals surface area contributed by atoms with Crippen molar-refractivity contribution in [2.75, 3.05) is 21.2 Å². The summed E-state index contributed by atoms with van der Waals surface area (Å²) in [4.78, 5) is 14.9. The first-order valence-corrected chi connectivity index (χ1v) is 7.76. The number of benzene rings is 1. The number of hydrogen-bond acceptors (Lipinski definition) is 5. The van der Waals surface area contributed by atoms with Gasteiger partial charge in [-0.15, -0.1) is 0 Å². The highest BCUT2D eigenvalue weighted by Crippen LogP contribution is 2.18. The average molecular weight is 323 g/mol. The van der Waals surface area contributed by atoms with Crippen molar-refractivity contribution in [2.45, 2.75) is 13.1 Å². The lowest BCUT2D eigenvalue weighted by atomic mass is 10.1. The van der Waals surface area contributed by atoms with Crippen LogP contribution in [-0.4, -0.2) is 45.6 Å². The molecule has 0 unspecified atom stereocenters. The van der Waals surface area contributed by atoms with Gasteiger partial charge >= 0.3 is 6.01 Å². The summed E-state index contributed by atoms with van der Waals surface area (Å²) >= 11 is 0. The van der Waals surface area contributed by atoms with Gasteiger partial charge in [0.05, 0.1) is 12.7 Å². The molecule has 0 aliphatic carbocycles. The number of hydrogen-bond donors (Lipinski definition) is 0. The Balaban J connectivity index is 1.77. The van der Waals surface area contributed by atoms with E-state index < -0.39 is 0 Å². The third-order valence-electron chi connectivity index (χ3n) is 3.66. The third-order valence-corrected chi connectivity index (χ3v) is 3.66. The Morgan fingerprint density at radius 3 is 2.29 bits per heavy atom.